The fourth-order valence-corrected chi connectivity index (χ4v) is 8.01. The van der Waals surface area contributed by atoms with Crippen molar-refractivity contribution in [1.82, 2.24) is 14.8 Å². The molecular formula is C43H36N4. The fraction of sp³-hybridized carbons (Fsp3) is 0.140. The van der Waals surface area contributed by atoms with Gasteiger partial charge in [0.2, 0.25) is 0 Å². The zero-order valence-electron chi connectivity index (χ0n) is 26.9. The minimum atomic E-state index is -0.198. The van der Waals surface area contributed by atoms with E-state index in [4.69, 9.17) is 4.99 Å². The molecule has 0 saturated carbocycles. The Balaban J connectivity index is 1.19. The summed E-state index contributed by atoms with van der Waals surface area (Å²) in [7, 11) is 2.12. The molecule has 4 nitrogen and oxygen atoms in total. The Bertz CT molecular complexity index is 2310. The van der Waals surface area contributed by atoms with Crippen molar-refractivity contribution >= 4 is 27.6 Å². The summed E-state index contributed by atoms with van der Waals surface area (Å²) in [5.74, 6) is 0.979. The highest BCUT2D eigenvalue weighted by molar-refractivity contribution is 6.13. The van der Waals surface area contributed by atoms with E-state index >= 15 is 0 Å². The zero-order valence-corrected chi connectivity index (χ0v) is 26.9. The Morgan fingerprint density at radius 3 is 2.09 bits per heavy atom. The van der Waals surface area contributed by atoms with Gasteiger partial charge in [0.05, 0.1) is 11.0 Å². The number of hydrogen-bond acceptors (Lipinski definition) is 3. The van der Waals surface area contributed by atoms with Crippen LogP contribution in [0.2, 0.25) is 0 Å². The number of aromatic nitrogens is 1. The third-order valence-corrected chi connectivity index (χ3v) is 10.3. The average Bonchev–Trinajstić information content (AvgIpc) is 3.58. The van der Waals surface area contributed by atoms with Crippen molar-refractivity contribution in [3.63, 3.8) is 0 Å². The van der Waals surface area contributed by atoms with Gasteiger partial charge in [0.25, 0.3) is 0 Å². The molecule has 0 amide bonds. The van der Waals surface area contributed by atoms with Crippen molar-refractivity contribution in [1.29, 1.82) is 0 Å². The number of nitrogens with one attached hydrogen (secondary N) is 1. The maximum Gasteiger partial charge on any atom is 0.134 e. The summed E-state index contributed by atoms with van der Waals surface area (Å²) in [6.45, 7) is 4.75. The van der Waals surface area contributed by atoms with Gasteiger partial charge in [-0.1, -0.05) is 141 Å². The number of hydrogen-bond donors (Lipinski definition) is 1. The topological polar surface area (TPSA) is 32.6 Å². The second-order valence-electron chi connectivity index (χ2n) is 13.3. The second kappa shape index (κ2) is 10.5. The number of nitrogens with zero attached hydrogens (tertiary/aromatic N) is 3. The van der Waals surface area contributed by atoms with E-state index in [2.05, 4.69) is 181 Å². The molecule has 0 radical (unpaired) electrons. The molecule has 4 heteroatoms. The van der Waals surface area contributed by atoms with Crippen LogP contribution in [0.1, 0.15) is 54.0 Å². The molecule has 0 saturated heterocycles. The van der Waals surface area contributed by atoms with Crippen molar-refractivity contribution in [2.75, 3.05) is 7.05 Å². The number of rotatable bonds is 4. The van der Waals surface area contributed by atoms with E-state index in [-0.39, 0.29) is 17.7 Å². The van der Waals surface area contributed by atoms with Crippen LogP contribution < -0.4 is 5.32 Å². The zero-order chi connectivity index (χ0) is 31.7. The van der Waals surface area contributed by atoms with E-state index in [9.17, 15) is 0 Å². The minimum Gasteiger partial charge on any atom is -0.340 e. The number of para-hydroxylation sites is 1. The molecule has 7 aromatic rings. The van der Waals surface area contributed by atoms with Gasteiger partial charge in [-0.3, -0.25) is 5.32 Å². The third-order valence-electron chi connectivity index (χ3n) is 10.3. The molecule has 0 fully saturated rings. The Labute approximate surface area is 275 Å². The number of benzene rings is 6. The molecule has 228 valence electrons. The molecule has 1 N–H and O–H groups in total. The molecule has 6 aromatic carbocycles. The highest BCUT2D eigenvalue weighted by Gasteiger charge is 2.38. The molecular weight excluding hydrogens is 573 g/mol. The Morgan fingerprint density at radius 2 is 1.30 bits per heavy atom. The van der Waals surface area contributed by atoms with Crippen LogP contribution in [0, 0.1) is 0 Å². The normalized spacial score (nSPS) is 18.3. The fourth-order valence-electron chi connectivity index (χ4n) is 8.01. The standard InChI is InChI=1S/C43H36N4/c1-43(2)36-20-12-10-18-32(36)34-26-27-35-33-19-11-13-21-37(33)47(39(35)38(34)43)31-24-22-28(23-25-31)40-44-41(29-14-6-4-7-15-29)46(3)42(45-40)30-16-8-5-9-17-30/h4-27,40-41,44H,1-3H3. The van der Waals surface area contributed by atoms with Gasteiger partial charge >= 0.3 is 0 Å². The van der Waals surface area contributed by atoms with Crippen LogP contribution in [0.25, 0.3) is 38.6 Å². The lowest BCUT2D eigenvalue weighted by Gasteiger charge is -2.39. The predicted octanol–water partition coefficient (Wildman–Crippen LogP) is 9.77. The van der Waals surface area contributed by atoms with E-state index < -0.39 is 0 Å². The van der Waals surface area contributed by atoms with Gasteiger partial charge in [0, 0.05) is 34.5 Å². The maximum atomic E-state index is 5.29. The van der Waals surface area contributed by atoms with Gasteiger partial charge in [0.15, 0.2) is 0 Å². The summed E-state index contributed by atoms with van der Waals surface area (Å²) in [6, 6.07) is 52.5. The van der Waals surface area contributed by atoms with E-state index in [1.807, 2.05) is 0 Å². The van der Waals surface area contributed by atoms with Crippen molar-refractivity contribution in [2.45, 2.75) is 31.6 Å². The van der Waals surface area contributed by atoms with Crippen LogP contribution in [-0.2, 0) is 5.41 Å². The Morgan fingerprint density at radius 1 is 0.617 bits per heavy atom. The Kier molecular flexibility index (Phi) is 6.24. The van der Waals surface area contributed by atoms with Crippen molar-refractivity contribution in [3.05, 3.63) is 173 Å². The Hall–Kier alpha value is -5.45. The van der Waals surface area contributed by atoms with Gasteiger partial charge in [-0.2, -0.15) is 0 Å². The molecule has 0 spiro atoms. The molecule has 9 rings (SSSR count). The lowest BCUT2D eigenvalue weighted by atomic mass is 9.81. The molecule has 47 heavy (non-hydrogen) atoms. The second-order valence-corrected chi connectivity index (χ2v) is 13.3. The quantitative estimate of drug-likeness (QED) is 0.216. The predicted molar refractivity (Wildman–Crippen MR) is 194 cm³/mol. The lowest BCUT2D eigenvalue weighted by Crippen LogP contribution is -2.46. The SMILES string of the molecule is CN1C(c2ccccc2)=NC(c2ccc(-n3c4ccccc4c4ccc5c(c43)C(C)(C)c3ccccc3-5)cc2)NC1c1ccccc1. The van der Waals surface area contributed by atoms with Gasteiger partial charge < -0.3 is 9.47 Å². The highest BCUT2D eigenvalue weighted by atomic mass is 15.4. The first kappa shape index (κ1) is 27.8. The summed E-state index contributed by atoms with van der Waals surface area (Å²) in [6.07, 6.45) is -0.214. The smallest absolute Gasteiger partial charge is 0.134 e. The lowest BCUT2D eigenvalue weighted by molar-refractivity contribution is 0.257. The molecule has 2 atom stereocenters. The number of amidine groups is 1. The largest absolute Gasteiger partial charge is 0.340 e. The van der Waals surface area contributed by atoms with E-state index in [0.29, 0.717) is 0 Å². The molecule has 2 unspecified atom stereocenters. The van der Waals surface area contributed by atoms with E-state index in [0.717, 1.165) is 22.6 Å². The van der Waals surface area contributed by atoms with Gasteiger partial charge in [-0.15, -0.1) is 0 Å². The van der Waals surface area contributed by atoms with Crippen molar-refractivity contribution < 1.29 is 0 Å². The highest BCUT2D eigenvalue weighted by Crippen LogP contribution is 2.52. The van der Waals surface area contributed by atoms with Crippen LogP contribution in [0.5, 0.6) is 0 Å². The van der Waals surface area contributed by atoms with Crippen LogP contribution in [-0.4, -0.2) is 22.4 Å². The van der Waals surface area contributed by atoms with Gasteiger partial charge in [-0.05, 0) is 51.6 Å². The molecule has 0 bridgehead atoms. The first-order chi connectivity index (χ1) is 23.0. The van der Waals surface area contributed by atoms with Crippen LogP contribution in [0.15, 0.2) is 151 Å². The molecule has 2 aliphatic rings. The summed E-state index contributed by atoms with van der Waals surface area (Å²) in [5.41, 5.74) is 12.5. The van der Waals surface area contributed by atoms with E-state index in [1.54, 1.807) is 0 Å². The summed E-state index contributed by atoms with van der Waals surface area (Å²) in [4.78, 5) is 7.53. The average molecular weight is 609 g/mol. The van der Waals surface area contributed by atoms with Crippen LogP contribution in [0.3, 0.4) is 0 Å². The third kappa shape index (κ3) is 4.22. The monoisotopic (exact) mass is 608 g/mol. The first-order valence-electron chi connectivity index (χ1n) is 16.4. The van der Waals surface area contributed by atoms with Crippen LogP contribution >= 0.6 is 0 Å². The molecule has 1 aromatic heterocycles. The summed E-state index contributed by atoms with van der Waals surface area (Å²) >= 11 is 0. The van der Waals surface area contributed by atoms with Crippen molar-refractivity contribution in [2.24, 2.45) is 4.99 Å². The van der Waals surface area contributed by atoms with Gasteiger partial charge in [0.1, 0.15) is 18.2 Å². The van der Waals surface area contributed by atoms with Crippen LogP contribution in [0.4, 0.5) is 0 Å². The molecule has 1 aliphatic carbocycles. The summed E-state index contributed by atoms with van der Waals surface area (Å²) in [5, 5.41) is 6.41. The van der Waals surface area contributed by atoms with Gasteiger partial charge in [-0.25, -0.2) is 4.99 Å². The molecule has 1 aliphatic heterocycles. The first-order valence-corrected chi connectivity index (χ1v) is 16.4. The minimum absolute atomic E-state index is 0.0163. The maximum absolute atomic E-state index is 5.29. The summed E-state index contributed by atoms with van der Waals surface area (Å²) < 4.78 is 2.48. The van der Waals surface area contributed by atoms with Crippen molar-refractivity contribution in [3.8, 4) is 16.8 Å². The molecule has 2 heterocycles. The van der Waals surface area contributed by atoms with E-state index in [1.165, 1.54) is 49.6 Å². The number of fused-ring (bicyclic) bond motifs is 7. The number of aliphatic imine (C=N–C) groups is 1.